The lowest BCUT2D eigenvalue weighted by molar-refractivity contribution is 0.189. The first-order chi connectivity index (χ1) is 13.1. The smallest absolute Gasteiger partial charge is 0.194 e. The van der Waals surface area contributed by atoms with Crippen molar-refractivity contribution in [1.29, 1.82) is 0 Å². The number of rotatable bonds is 5. The minimum Gasteiger partial charge on any atom is -0.504 e. The molecule has 1 aliphatic heterocycles. The number of aromatic hydroxyl groups is 1. The zero-order chi connectivity index (χ0) is 19.2. The predicted molar refractivity (Wildman–Crippen MR) is 106 cm³/mol. The number of phenolic OH excluding ortho intramolecular Hbond substituents is 1. The standard InChI is InChI=1S/C20H29N5O2/c1-4-22-20(23-12-16-5-6-19(27-3)18(26)11-16)24-9-7-15(2)17(13-24)25-10-8-21-14-25/h5-6,8,10-11,14-15,17,26H,4,7,9,12-13H2,1-3H3,(H,22,23). The number of imidazole rings is 1. The molecule has 2 unspecified atom stereocenters. The fraction of sp³-hybridized carbons (Fsp3) is 0.500. The molecule has 0 aliphatic carbocycles. The van der Waals surface area contributed by atoms with E-state index < -0.39 is 0 Å². The molecule has 146 valence electrons. The molecule has 0 radical (unpaired) electrons. The molecule has 7 nitrogen and oxygen atoms in total. The van der Waals surface area contributed by atoms with E-state index in [-0.39, 0.29) is 5.75 Å². The topological polar surface area (TPSA) is 74.9 Å². The van der Waals surface area contributed by atoms with E-state index >= 15 is 0 Å². The van der Waals surface area contributed by atoms with Gasteiger partial charge in [0.15, 0.2) is 17.5 Å². The van der Waals surface area contributed by atoms with Crippen molar-refractivity contribution in [1.82, 2.24) is 19.8 Å². The first kappa shape index (κ1) is 19.1. The maximum Gasteiger partial charge on any atom is 0.194 e. The maximum atomic E-state index is 9.97. The first-order valence-corrected chi connectivity index (χ1v) is 9.49. The highest BCUT2D eigenvalue weighted by Crippen LogP contribution is 2.28. The van der Waals surface area contributed by atoms with Gasteiger partial charge in [-0.1, -0.05) is 13.0 Å². The highest BCUT2D eigenvalue weighted by atomic mass is 16.5. The van der Waals surface area contributed by atoms with Crippen LogP contribution in [-0.2, 0) is 6.54 Å². The second-order valence-corrected chi connectivity index (χ2v) is 6.97. The average molecular weight is 371 g/mol. The number of piperidine rings is 1. The van der Waals surface area contributed by atoms with Gasteiger partial charge in [-0.05, 0) is 37.0 Å². The Bertz CT molecular complexity index is 760. The molecule has 2 aromatic rings. The summed E-state index contributed by atoms with van der Waals surface area (Å²) in [7, 11) is 1.55. The third kappa shape index (κ3) is 4.53. The number of likely N-dealkylation sites (tertiary alicyclic amines) is 1. The van der Waals surface area contributed by atoms with Crippen LogP contribution in [0.1, 0.15) is 31.9 Å². The van der Waals surface area contributed by atoms with Crippen LogP contribution in [0.4, 0.5) is 0 Å². The molecule has 1 fully saturated rings. The normalized spacial score (nSPS) is 20.6. The molecule has 2 N–H and O–H groups in total. The Balaban J connectivity index is 1.74. The van der Waals surface area contributed by atoms with E-state index in [1.54, 1.807) is 19.2 Å². The van der Waals surface area contributed by atoms with Crippen molar-refractivity contribution in [2.45, 2.75) is 32.9 Å². The van der Waals surface area contributed by atoms with Gasteiger partial charge in [0.1, 0.15) is 0 Å². The monoisotopic (exact) mass is 371 g/mol. The van der Waals surface area contributed by atoms with Crippen LogP contribution >= 0.6 is 0 Å². The Kier molecular flexibility index (Phi) is 6.21. The summed E-state index contributed by atoms with van der Waals surface area (Å²) in [6, 6.07) is 5.79. The molecule has 0 amide bonds. The molecule has 7 heteroatoms. The van der Waals surface area contributed by atoms with Gasteiger partial charge >= 0.3 is 0 Å². The maximum absolute atomic E-state index is 9.97. The van der Waals surface area contributed by atoms with Gasteiger partial charge in [-0.2, -0.15) is 0 Å². The number of aliphatic imine (C=N–C) groups is 1. The number of phenols is 1. The van der Waals surface area contributed by atoms with Gasteiger partial charge in [-0.3, -0.25) is 0 Å². The Labute approximate surface area is 160 Å². The third-order valence-corrected chi connectivity index (χ3v) is 5.12. The Morgan fingerprint density at radius 2 is 2.30 bits per heavy atom. The number of guanidine groups is 1. The van der Waals surface area contributed by atoms with E-state index in [9.17, 15) is 5.11 Å². The van der Waals surface area contributed by atoms with Crippen molar-refractivity contribution >= 4 is 5.96 Å². The van der Waals surface area contributed by atoms with E-state index in [2.05, 4.69) is 33.6 Å². The highest BCUT2D eigenvalue weighted by Gasteiger charge is 2.28. The molecule has 0 spiro atoms. The van der Waals surface area contributed by atoms with Gasteiger partial charge in [-0.25, -0.2) is 9.98 Å². The lowest BCUT2D eigenvalue weighted by Crippen LogP contribution is -2.49. The molecule has 27 heavy (non-hydrogen) atoms. The van der Waals surface area contributed by atoms with Gasteiger partial charge in [0.25, 0.3) is 0 Å². The number of benzene rings is 1. The fourth-order valence-electron chi connectivity index (χ4n) is 3.52. The molecule has 1 aromatic heterocycles. The summed E-state index contributed by atoms with van der Waals surface area (Å²) < 4.78 is 7.30. The zero-order valence-electron chi connectivity index (χ0n) is 16.3. The second kappa shape index (κ2) is 8.79. The van der Waals surface area contributed by atoms with Crippen molar-refractivity contribution < 1.29 is 9.84 Å². The average Bonchev–Trinajstić information content (AvgIpc) is 3.20. The predicted octanol–water partition coefficient (Wildman–Crippen LogP) is 2.65. The number of hydrogen-bond donors (Lipinski definition) is 2. The fourth-order valence-corrected chi connectivity index (χ4v) is 3.52. The van der Waals surface area contributed by atoms with Gasteiger partial charge in [0.05, 0.1) is 26.0 Å². The first-order valence-electron chi connectivity index (χ1n) is 9.49. The highest BCUT2D eigenvalue weighted by molar-refractivity contribution is 5.80. The van der Waals surface area contributed by atoms with Crippen molar-refractivity contribution in [3.63, 3.8) is 0 Å². The third-order valence-electron chi connectivity index (χ3n) is 5.12. The lowest BCUT2D eigenvalue weighted by atomic mass is 9.93. The summed E-state index contributed by atoms with van der Waals surface area (Å²) in [5.41, 5.74) is 0.945. The van der Waals surface area contributed by atoms with Crippen molar-refractivity contribution in [2.75, 3.05) is 26.7 Å². The molecule has 2 heterocycles. The van der Waals surface area contributed by atoms with Crippen LogP contribution in [0, 0.1) is 5.92 Å². The molecule has 1 aliphatic rings. The lowest BCUT2D eigenvalue weighted by Gasteiger charge is -2.39. The quantitative estimate of drug-likeness (QED) is 0.624. The largest absolute Gasteiger partial charge is 0.504 e. The molecule has 0 saturated carbocycles. The number of methoxy groups -OCH3 is 1. The number of hydrogen-bond acceptors (Lipinski definition) is 4. The van der Waals surface area contributed by atoms with Crippen LogP contribution in [0.15, 0.2) is 41.9 Å². The van der Waals surface area contributed by atoms with E-state index in [1.807, 2.05) is 24.8 Å². The molecule has 1 saturated heterocycles. The van der Waals surface area contributed by atoms with Gasteiger partial charge < -0.3 is 24.6 Å². The summed E-state index contributed by atoms with van der Waals surface area (Å²) in [6.45, 7) is 7.57. The summed E-state index contributed by atoms with van der Waals surface area (Å²) in [5, 5.41) is 13.4. The van der Waals surface area contributed by atoms with Crippen LogP contribution in [0.3, 0.4) is 0 Å². The molecular weight excluding hydrogens is 342 g/mol. The minimum atomic E-state index is 0.141. The summed E-state index contributed by atoms with van der Waals surface area (Å²) in [6.07, 6.45) is 6.88. The van der Waals surface area contributed by atoms with Crippen LogP contribution in [0.2, 0.25) is 0 Å². The summed E-state index contributed by atoms with van der Waals surface area (Å²) >= 11 is 0. The Morgan fingerprint density at radius 1 is 1.44 bits per heavy atom. The number of nitrogens with zero attached hydrogens (tertiary/aromatic N) is 4. The number of nitrogens with one attached hydrogen (secondary N) is 1. The van der Waals surface area contributed by atoms with Crippen LogP contribution in [0.5, 0.6) is 11.5 Å². The molecule has 0 bridgehead atoms. The molecule has 1 aromatic carbocycles. The molecular formula is C20H29N5O2. The minimum absolute atomic E-state index is 0.141. The van der Waals surface area contributed by atoms with Crippen LogP contribution in [-0.4, -0.2) is 52.3 Å². The van der Waals surface area contributed by atoms with Crippen molar-refractivity contribution in [2.24, 2.45) is 10.9 Å². The van der Waals surface area contributed by atoms with E-state index in [0.717, 1.165) is 37.6 Å². The second-order valence-electron chi connectivity index (χ2n) is 6.97. The molecule has 2 atom stereocenters. The van der Waals surface area contributed by atoms with Gasteiger partial charge in [-0.15, -0.1) is 0 Å². The Morgan fingerprint density at radius 3 is 2.96 bits per heavy atom. The zero-order valence-corrected chi connectivity index (χ0v) is 16.3. The van der Waals surface area contributed by atoms with Crippen molar-refractivity contribution in [3.8, 4) is 11.5 Å². The summed E-state index contributed by atoms with van der Waals surface area (Å²) in [4.78, 5) is 11.3. The van der Waals surface area contributed by atoms with E-state index in [1.165, 1.54) is 0 Å². The SMILES string of the molecule is CCNC(=NCc1ccc(OC)c(O)c1)N1CCC(C)C(n2ccnc2)C1. The van der Waals surface area contributed by atoms with E-state index in [4.69, 9.17) is 9.73 Å². The van der Waals surface area contributed by atoms with Gasteiger partial charge in [0.2, 0.25) is 0 Å². The van der Waals surface area contributed by atoms with E-state index in [0.29, 0.717) is 24.3 Å². The number of ether oxygens (including phenoxy) is 1. The Hall–Kier alpha value is -2.70. The van der Waals surface area contributed by atoms with Crippen LogP contribution < -0.4 is 10.1 Å². The number of aromatic nitrogens is 2. The summed E-state index contributed by atoms with van der Waals surface area (Å²) in [5.74, 6) is 2.12. The molecule has 3 rings (SSSR count). The van der Waals surface area contributed by atoms with Crippen LogP contribution in [0.25, 0.3) is 0 Å². The van der Waals surface area contributed by atoms with Crippen molar-refractivity contribution in [3.05, 3.63) is 42.5 Å². The van der Waals surface area contributed by atoms with Gasteiger partial charge in [0, 0.05) is 32.0 Å².